The van der Waals surface area contributed by atoms with Crippen LogP contribution in [0, 0.1) is 0 Å². The lowest BCUT2D eigenvalue weighted by Crippen LogP contribution is -2.26. The summed E-state index contributed by atoms with van der Waals surface area (Å²) in [5.74, 6) is 0. The molecule has 0 aliphatic rings. The number of fused-ring (bicyclic) bond motifs is 10. The second kappa shape index (κ2) is 11.4. The minimum Gasteiger partial charge on any atom is -0.298 e. The third-order valence-electron chi connectivity index (χ3n) is 10.9. The zero-order valence-electron chi connectivity index (χ0n) is 30.8. The van der Waals surface area contributed by atoms with Crippen LogP contribution in [0.5, 0.6) is 0 Å². The van der Waals surface area contributed by atoms with Gasteiger partial charge in [-0.1, -0.05) is 78.8 Å². The number of pyridine rings is 6. The molecular weight excluding hydrogens is 641 g/mol. The molecule has 0 saturated heterocycles. The minimum absolute atomic E-state index is 0.0417. The van der Waals surface area contributed by atoms with Gasteiger partial charge < -0.3 is 0 Å². The topological polar surface area (TPSA) is 86.2 Å². The molecule has 0 saturated carbocycles. The SMILES string of the molecule is CC(C)(C)c1cc2nc3c4ccc(C(C)(C)CCC(C)(C)c5cc6nc7c8cccnc8c(-c8ccccc8)cn7c6cn5)nc4ccn3c2cn1. The number of rotatable bonds is 6. The van der Waals surface area contributed by atoms with Crippen molar-refractivity contribution in [1.82, 2.24) is 38.7 Å². The van der Waals surface area contributed by atoms with Gasteiger partial charge in [-0.3, -0.25) is 28.7 Å². The van der Waals surface area contributed by atoms with Crippen LogP contribution in [0.2, 0.25) is 0 Å². The van der Waals surface area contributed by atoms with E-state index in [-0.39, 0.29) is 16.2 Å². The summed E-state index contributed by atoms with van der Waals surface area (Å²) in [7, 11) is 0. The zero-order chi connectivity index (χ0) is 36.0. The summed E-state index contributed by atoms with van der Waals surface area (Å²) in [6.45, 7) is 15.7. The zero-order valence-corrected chi connectivity index (χ0v) is 30.8. The fourth-order valence-electron chi connectivity index (χ4n) is 7.45. The first-order chi connectivity index (χ1) is 24.9. The summed E-state index contributed by atoms with van der Waals surface area (Å²) in [4.78, 5) is 30.0. The number of benzene rings is 1. The predicted molar refractivity (Wildman–Crippen MR) is 211 cm³/mol. The minimum atomic E-state index is -0.182. The van der Waals surface area contributed by atoms with Crippen molar-refractivity contribution in [3.8, 4) is 11.1 Å². The molecule has 0 aliphatic heterocycles. The Morgan fingerprint density at radius 2 is 1.21 bits per heavy atom. The van der Waals surface area contributed by atoms with E-state index < -0.39 is 0 Å². The van der Waals surface area contributed by atoms with Gasteiger partial charge in [0, 0.05) is 68.3 Å². The van der Waals surface area contributed by atoms with Gasteiger partial charge in [0.1, 0.15) is 11.3 Å². The molecule has 0 spiro atoms. The van der Waals surface area contributed by atoms with Gasteiger partial charge in [0.15, 0.2) is 0 Å². The molecule has 0 amide bonds. The molecule has 52 heavy (non-hydrogen) atoms. The smallest absolute Gasteiger partial charge is 0.147 e. The van der Waals surface area contributed by atoms with Gasteiger partial charge in [0.05, 0.1) is 45.5 Å². The molecule has 258 valence electrons. The molecule has 9 aromatic rings. The van der Waals surface area contributed by atoms with Crippen molar-refractivity contribution in [1.29, 1.82) is 0 Å². The highest BCUT2D eigenvalue weighted by atomic mass is 15.0. The van der Waals surface area contributed by atoms with Crippen LogP contribution < -0.4 is 0 Å². The Morgan fingerprint density at radius 1 is 0.558 bits per heavy atom. The lowest BCUT2D eigenvalue weighted by Gasteiger charge is -2.31. The van der Waals surface area contributed by atoms with Crippen LogP contribution in [0.15, 0.2) is 104 Å². The quantitative estimate of drug-likeness (QED) is 0.174. The van der Waals surface area contributed by atoms with E-state index >= 15 is 0 Å². The highest BCUT2D eigenvalue weighted by Crippen LogP contribution is 2.38. The fraction of sp³-hybridized carbons (Fsp3) is 0.273. The second-order valence-electron chi connectivity index (χ2n) is 16.5. The molecular formula is C44H42N8. The summed E-state index contributed by atoms with van der Waals surface area (Å²) in [5, 5.41) is 2.07. The number of imidazole rings is 2. The molecule has 8 heterocycles. The van der Waals surface area contributed by atoms with Gasteiger partial charge in [-0.05, 0) is 60.9 Å². The maximum Gasteiger partial charge on any atom is 0.147 e. The van der Waals surface area contributed by atoms with Crippen molar-refractivity contribution in [2.24, 2.45) is 0 Å². The Morgan fingerprint density at radius 3 is 1.94 bits per heavy atom. The first-order valence-electron chi connectivity index (χ1n) is 18.1. The normalized spacial score (nSPS) is 13.1. The summed E-state index contributed by atoms with van der Waals surface area (Å²) in [5.41, 5.74) is 12.6. The molecule has 0 fully saturated rings. The molecule has 0 radical (unpaired) electrons. The monoisotopic (exact) mass is 682 g/mol. The van der Waals surface area contributed by atoms with Crippen LogP contribution in [0.3, 0.4) is 0 Å². The third kappa shape index (κ3) is 5.19. The Kier molecular flexibility index (Phi) is 7.03. The van der Waals surface area contributed by atoms with Crippen molar-refractivity contribution >= 4 is 55.2 Å². The van der Waals surface area contributed by atoms with Gasteiger partial charge in [0.2, 0.25) is 0 Å². The highest BCUT2D eigenvalue weighted by Gasteiger charge is 2.30. The van der Waals surface area contributed by atoms with Crippen LogP contribution >= 0.6 is 0 Å². The predicted octanol–water partition coefficient (Wildman–Crippen LogP) is 10.2. The van der Waals surface area contributed by atoms with Gasteiger partial charge in [-0.15, -0.1) is 0 Å². The molecule has 1 aromatic carbocycles. The van der Waals surface area contributed by atoms with Crippen LogP contribution in [-0.2, 0) is 16.2 Å². The summed E-state index contributed by atoms with van der Waals surface area (Å²) < 4.78 is 4.29. The van der Waals surface area contributed by atoms with Gasteiger partial charge in [-0.25, -0.2) is 9.97 Å². The van der Waals surface area contributed by atoms with Crippen molar-refractivity contribution < 1.29 is 0 Å². The Bertz CT molecular complexity index is 2840. The average molecular weight is 683 g/mol. The molecule has 0 unspecified atom stereocenters. The van der Waals surface area contributed by atoms with Crippen molar-refractivity contribution in [2.75, 3.05) is 0 Å². The average Bonchev–Trinajstić information content (AvgIpc) is 3.71. The van der Waals surface area contributed by atoms with Gasteiger partial charge in [0.25, 0.3) is 0 Å². The van der Waals surface area contributed by atoms with E-state index in [0.717, 1.165) is 96.2 Å². The second-order valence-corrected chi connectivity index (χ2v) is 16.5. The first-order valence-corrected chi connectivity index (χ1v) is 18.1. The lowest BCUT2D eigenvalue weighted by atomic mass is 9.75. The van der Waals surface area contributed by atoms with Crippen LogP contribution in [0.25, 0.3) is 66.3 Å². The lowest BCUT2D eigenvalue weighted by molar-refractivity contribution is 0.364. The van der Waals surface area contributed by atoms with Gasteiger partial charge in [-0.2, -0.15) is 0 Å². The number of hydrogen-bond acceptors (Lipinski definition) is 6. The highest BCUT2D eigenvalue weighted by molar-refractivity contribution is 6.03. The summed E-state index contributed by atoms with van der Waals surface area (Å²) in [6.07, 6.45) is 11.9. The maximum atomic E-state index is 5.21. The van der Waals surface area contributed by atoms with E-state index in [0.29, 0.717) is 0 Å². The number of hydrogen-bond donors (Lipinski definition) is 0. The standard InChI is InChI=1S/C44H42N8/c1-42(2,3)37-22-32-34(24-46-37)51-21-17-31-28(40(51)49-32)15-16-36(48-31)43(4,5)18-19-44(6,7)38-23-33-35(25-47-38)52-26-30(27-12-9-8-10-13-27)39-29(41(52)50-33)14-11-20-45-39/h8-17,20-26H,18-19H2,1-7H3. The molecule has 0 aliphatic carbocycles. The van der Waals surface area contributed by atoms with Crippen LogP contribution in [-0.4, -0.2) is 38.7 Å². The van der Waals surface area contributed by atoms with E-state index in [1.807, 2.05) is 30.7 Å². The Labute approximate surface area is 302 Å². The van der Waals surface area contributed by atoms with Crippen molar-refractivity contribution in [3.05, 3.63) is 121 Å². The molecule has 0 N–H and O–H groups in total. The van der Waals surface area contributed by atoms with Crippen LogP contribution in [0.4, 0.5) is 0 Å². The van der Waals surface area contributed by atoms with E-state index in [9.17, 15) is 0 Å². The molecule has 8 heteroatoms. The largest absolute Gasteiger partial charge is 0.298 e. The molecule has 8 aromatic heterocycles. The Hall–Kier alpha value is -5.76. The third-order valence-corrected chi connectivity index (χ3v) is 10.9. The van der Waals surface area contributed by atoms with Crippen molar-refractivity contribution in [3.63, 3.8) is 0 Å². The summed E-state index contributed by atoms with van der Waals surface area (Å²) in [6, 6.07) is 25.3. The number of aromatic nitrogens is 8. The molecule has 9 rings (SSSR count). The maximum absolute atomic E-state index is 5.21. The molecule has 0 atom stereocenters. The van der Waals surface area contributed by atoms with Crippen LogP contribution in [0.1, 0.15) is 78.4 Å². The first kappa shape index (κ1) is 32.2. The fourth-order valence-corrected chi connectivity index (χ4v) is 7.45. The molecule has 0 bridgehead atoms. The Balaban J connectivity index is 1.01. The van der Waals surface area contributed by atoms with E-state index in [2.05, 4.69) is 130 Å². The van der Waals surface area contributed by atoms with E-state index in [1.54, 1.807) is 0 Å². The molecule has 8 nitrogen and oxygen atoms in total. The van der Waals surface area contributed by atoms with Crippen molar-refractivity contribution in [2.45, 2.75) is 77.6 Å². The van der Waals surface area contributed by atoms with E-state index in [4.69, 9.17) is 29.9 Å². The van der Waals surface area contributed by atoms with Gasteiger partial charge >= 0.3 is 0 Å². The summed E-state index contributed by atoms with van der Waals surface area (Å²) >= 11 is 0. The van der Waals surface area contributed by atoms with E-state index in [1.165, 1.54) is 0 Å². The number of nitrogens with zero attached hydrogens (tertiary/aromatic N) is 8.